The summed E-state index contributed by atoms with van der Waals surface area (Å²) in [5, 5.41) is 6.62. The number of carbonyl (C=O) groups excluding carboxylic acids is 1. The van der Waals surface area contributed by atoms with Crippen LogP contribution in [0.15, 0.2) is 64.0 Å². The molecule has 8 nitrogen and oxygen atoms in total. The highest BCUT2D eigenvalue weighted by molar-refractivity contribution is 7.89. The summed E-state index contributed by atoms with van der Waals surface area (Å²) in [6, 6.07) is 16.7. The molecule has 1 aromatic heterocycles. The minimum Gasteiger partial charge on any atom is -0.360 e. The first-order valence-corrected chi connectivity index (χ1v) is 11.9. The summed E-state index contributed by atoms with van der Waals surface area (Å²) >= 11 is 0. The summed E-state index contributed by atoms with van der Waals surface area (Å²) in [6.45, 7) is 4.13. The Morgan fingerprint density at radius 3 is 2.30 bits per heavy atom. The molecule has 2 heterocycles. The number of hydrogen-bond acceptors (Lipinski definition) is 5. The molecular weight excluding hydrogens is 440 g/mol. The van der Waals surface area contributed by atoms with E-state index < -0.39 is 10.0 Å². The van der Waals surface area contributed by atoms with E-state index in [0.29, 0.717) is 11.4 Å². The Hall–Kier alpha value is -3.61. The van der Waals surface area contributed by atoms with E-state index in [9.17, 15) is 13.2 Å². The van der Waals surface area contributed by atoms with Gasteiger partial charge in [-0.2, -0.15) is 4.31 Å². The third-order valence-electron chi connectivity index (χ3n) is 5.33. The number of aromatic nitrogens is 1. The quantitative estimate of drug-likeness (QED) is 0.601. The Balaban J connectivity index is 1.38. The van der Waals surface area contributed by atoms with Gasteiger partial charge in [-0.05, 0) is 44.2 Å². The fourth-order valence-electron chi connectivity index (χ4n) is 3.65. The molecule has 33 heavy (non-hydrogen) atoms. The first kappa shape index (κ1) is 22.6. The molecule has 0 aliphatic carbocycles. The SMILES string of the molecule is Cc1noc(C)c1S(=O)(=O)N1CCN(C(=O)Nc2cccc(C#Cc3ccccc3)c2)CC1. The predicted molar refractivity (Wildman–Crippen MR) is 124 cm³/mol. The summed E-state index contributed by atoms with van der Waals surface area (Å²) in [5.41, 5.74) is 2.66. The molecule has 4 rings (SSSR count). The summed E-state index contributed by atoms with van der Waals surface area (Å²) in [7, 11) is -3.72. The second kappa shape index (κ2) is 9.48. The molecule has 3 aromatic rings. The lowest BCUT2D eigenvalue weighted by Crippen LogP contribution is -2.51. The minimum atomic E-state index is -3.72. The maximum absolute atomic E-state index is 13.0. The van der Waals surface area contributed by atoms with Gasteiger partial charge < -0.3 is 14.7 Å². The van der Waals surface area contributed by atoms with Gasteiger partial charge in [-0.15, -0.1) is 0 Å². The molecule has 1 fully saturated rings. The number of urea groups is 1. The highest BCUT2D eigenvalue weighted by atomic mass is 32.2. The lowest BCUT2D eigenvalue weighted by molar-refractivity contribution is 0.184. The minimum absolute atomic E-state index is 0.105. The number of nitrogens with zero attached hydrogens (tertiary/aromatic N) is 3. The molecule has 1 aliphatic heterocycles. The molecule has 9 heteroatoms. The van der Waals surface area contributed by atoms with Crippen molar-refractivity contribution in [3.8, 4) is 11.8 Å². The van der Waals surface area contributed by atoms with Crippen molar-refractivity contribution in [2.75, 3.05) is 31.5 Å². The largest absolute Gasteiger partial charge is 0.360 e. The van der Waals surface area contributed by atoms with Crippen LogP contribution in [0, 0.1) is 25.7 Å². The van der Waals surface area contributed by atoms with Crippen molar-refractivity contribution >= 4 is 21.7 Å². The van der Waals surface area contributed by atoms with E-state index in [4.69, 9.17) is 4.52 Å². The fourth-order valence-corrected chi connectivity index (χ4v) is 5.36. The normalized spacial score (nSPS) is 14.4. The van der Waals surface area contributed by atoms with Crippen LogP contribution in [0.25, 0.3) is 0 Å². The van der Waals surface area contributed by atoms with Gasteiger partial charge in [0.15, 0.2) is 5.76 Å². The molecule has 0 unspecified atom stereocenters. The fraction of sp³-hybridized carbons (Fsp3) is 0.250. The van der Waals surface area contributed by atoms with Gasteiger partial charge in [0, 0.05) is 43.0 Å². The summed E-state index contributed by atoms with van der Waals surface area (Å²) in [5.74, 6) is 6.46. The van der Waals surface area contributed by atoms with E-state index in [1.807, 2.05) is 48.5 Å². The molecule has 2 aromatic carbocycles. The number of piperazine rings is 1. The van der Waals surface area contributed by atoms with E-state index in [-0.39, 0.29) is 42.9 Å². The van der Waals surface area contributed by atoms with Crippen LogP contribution in [0.4, 0.5) is 10.5 Å². The smallest absolute Gasteiger partial charge is 0.321 e. The van der Waals surface area contributed by atoms with Crippen LogP contribution in [0.5, 0.6) is 0 Å². The lowest BCUT2D eigenvalue weighted by Gasteiger charge is -2.33. The van der Waals surface area contributed by atoms with Gasteiger partial charge in [0.1, 0.15) is 10.6 Å². The predicted octanol–water partition coefficient (Wildman–Crippen LogP) is 3.23. The number of aryl methyl sites for hydroxylation is 2. The Kier molecular flexibility index (Phi) is 6.49. The van der Waals surface area contributed by atoms with Gasteiger partial charge >= 0.3 is 6.03 Å². The Morgan fingerprint density at radius 1 is 0.970 bits per heavy atom. The Morgan fingerprint density at radius 2 is 1.64 bits per heavy atom. The molecule has 0 bridgehead atoms. The average molecular weight is 465 g/mol. The van der Waals surface area contributed by atoms with Crippen LogP contribution in [-0.4, -0.2) is 55.0 Å². The first-order chi connectivity index (χ1) is 15.8. The zero-order valence-electron chi connectivity index (χ0n) is 18.4. The number of hydrogen-bond donors (Lipinski definition) is 1. The van der Waals surface area contributed by atoms with E-state index >= 15 is 0 Å². The van der Waals surface area contributed by atoms with E-state index in [1.165, 1.54) is 4.31 Å². The van der Waals surface area contributed by atoms with Crippen molar-refractivity contribution < 1.29 is 17.7 Å². The van der Waals surface area contributed by atoms with Gasteiger partial charge in [0.2, 0.25) is 10.0 Å². The van der Waals surface area contributed by atoms with Crippen molar-refractivity contribution in [3.63, 3.8) is 0 Å². The molecule has 0 spiro atoms. The maximum Gasteiger partial charge on any atom is 0.321 e. The van der Waals surface area contributed by atoms with Gasteiger partial charge in [-0.1, -0.05) is 41.3 Å². The molecule has 0 saturated carbocycles. The standard InChI is InChI=1S/C24H24N4O4S/c1-18-23(19(2)32-26-18)33(30,31)28-15-13-27(14-16-28)24(29)25-22-10-6-9-21(17-22)12-11-20-7-4-3-5-8-20/h3-10,17H,13-16H2,1-2H3,(H,25,29). The van der Waals surface area contributed by atoms with Crippen molar-refractivity contribution in [1.29, 1.82) is 0 Å². The zero-order chi connectivity index (χ0) is 23.4. The number of anilines is 1. The van der Waals surface area contributed by atoms with Crippen LogP contribution < -0.4 is 5.32 Å². The van der Waals surface area contributed by atoms with Gasteiger partial charge in [0.05, 0.1) is 0 Å². The van der Waals surface area contributed by atoms with Crippen molar-refractivity contribution in [1.82, 2.24) is 14.4 Å². The molecule has 170 valence electrons. The molecule has 0 atom stereocenters. The first-order valence-electron chi connectivity index (χ1n) is 10.5. The molecule has 1 N–H and O–H groups in total. The number of amides is 2. The molecule has 1 aliphatic rings. The van der Waals surface area contributed by atoms with Crippen LogP contribution in [0.1, 0.15) is 22.6 Å². The molecule has 2 amide bonds. The van der Waals surface area contributed by atoms with Gasteiger partial charge in [0.25, 0.3) is 0 Å². The Labute approximate surface area is 193 Å². The third-order valence-corrected chi connectivity index (χ3v) is 7.47. The monoisotopic (exact) mass is 464 g/mol. The lowest BCUT2D eigenvalue weighted by atomic mass is 10.1. The number of nitrogens with one attached hydrogen (secondary N) is 1. The van der Waals surface area contributed by atoms with Crippen LogP contribution >= 0.6 is 0 Å². The summed E-state index contributed by atoms with van der Waals surface area (Å²) < 4.78 is 32.3. The van der Waals surface area contributed by atoms with Crippen LogP contribution in [0.3, 0.4) is 0 Å². The maximum atomic E-state index is 13.0. The zero-order valence-corrected chi connectivity index (χ0v) is 19.2. The molecule has 0 radical (unpaired) electrons. The number of rotatable bonds is 3. The topological polar surface area (TPSA) is 95.8 Å². The average Bonchev–Trinajstić information content (AvgIpc) is 3.17. The van der Waals surface area contributed by atoms with Gasteiger partial charge in [-0.3, -0.25) is 0 Å². The third kappa shape index (κ3) is 5.08. The van der Waals surface area contributed by atoms with Crippen LogP contribution in [0.2, 0.25) is 0 Å². The second-order valence-corrected chi connectivity index (χ2v) is 9.55. The van der Waals surface area contributed by atoms with E-state index in [0.717, 1.165) is 11.1 Å². The molecular formula is C24H24N4O4S. The summed E-state index contributed by atoms with van der Waals surface area (Å²) in [4.78, 5) is 14.4. The van der Waals surface area contributed by atoms with Crippen molar-refractivity contribution in [2.24, 2.45) is 0 Å². The van der Waals surface area contributed by atoms with Gasteiger partial charge in [-0.25, -0.2) is 13.2 Å². The second-order valence-electron chi connectivity index (χ2n) is 7.67. The Bertz CT molecular complexity index is 1300. The summed E-state index contributed by atoms with van der Waals surface area (Å²) in [6.07, 6.45) is 0. The number of sulfonamides is 1. The number of carbonyl (C=O) groups is 1. The van der Waals surface area contributed by atoms with Crippen LogP contribution in [-0.2, 0) is 10.0 Å². The molecule has 1 saturated heterocycles. The van der Waals surface area contributed by atoms with E-state index in [2.05, 4.69) is 22.3 Å². The van der Waals surface area contributed by atoms with Crippen molar-refractivity contribution in [2.45, 2.75) is 18.7 Å². The van der Waals surface area contributed by atoms with E-state index in [1.54, 1.807) is 24.8 Å². The van der Waals surface area contributed by atoms with Crippen molar-refractivity contribution in [3.05, 3.63) is 77.2 Å². The highest BCUT2D eigenvalue weighted by Gasteiger charge is 2.34. The highest BCUT2D eigenvalue weighted by Crippen LogP contribution is 2.24. The number of benzene rings is 2.